The van der Waals surface area contributed by atoms with Crippen molar-refractivity contribution in [2.45, 2.75) is 64.8 Å². The molecule has 1 aliphatic heterocycles. The predicted molar refractivity (Wildman–Crippen MR) is 130 cm³/mol. The number of fused-ring (bicyclic) bond motifs is 1. The van der Waals surface area contributed by atoms with Crippen LogP contribution in [0.4, 0.5) is 0 Å². The van der Waals surface area contributed by atoms with Crippen LogP contribution in [-0.2, 0) is 25.0 Å². The first-order valence-electron chi connectivity index (χ1n) is 11.3. The SMILES string of the molecule is CC(=O)Oc1ccc(C)c(C23CCC=CC2C(C)N(S(=O)(=O)CCCSC(C)=O)CC3)c1O. The third kappa shape index (κ3) is 5.30. The number of esters is 1. The van der Waals surface area contributed by atoms with Crippen LogP contribution in [-0.4, -0.2) is 53.0 Å². The highest BCUT2D eigenvalue weighted by atomic mass is 32.2. The molecule has 0 bridgehead atoms. The van der Waals surface area contributed by atoms with Crippen LogP contribution in [0.25, 0.3) is 0 Å². The number of hydrogen-bond donors (Lipinski definition) is 1. The molecule has 1 aliphatic carbocycles. The lowest BCUT2D eigenvalue weighted by molar-refractivity contribution is -0.132. The minimum Gasteiger partial charge on any atom is -0.504 e. The molecule has 33 heavy (non-hydrogen) atoms. The van der Waals surface area contributed by atoms with E-state index in [0.717, 1.165) is 35.7 Å². The number of carbonyl (C=O) groups is 2. The molecule has 1 saturated heterocycles. The van der Waals surface area contributed by atoms with Gasteiger partial charge in [-0.1, -0.05) is 30.0 Å². The molecule has 1 aromatic carbocycles. The second-order valence-corrected chi connectivity index (χ2v) is 12.3. The molecule has 0 radical (unpaired) electrons. The Balaban J connectivity index is 1.93. The van der Waals surface area contributed by atoms with E-state index in [9.17, 15) is 23.1 Å². The molecule has 0 spiro atoms. The molecule has 1 N–H and O–H groups in total. The maximum Gasteiger partial charge on any atom is 0.308 e. The van der Waals surface area contributed by atoms with E-state index in [0.29, 0.717) is 25.1 Å². The monoisotopic (exact) mass is 495 g/mol. The maximum atomic E-state index is 13.2. The number of aryl methyl sites for hydroxylation is 1. The molecule has 9 heteroatoms. The lowest BCUT2D eigenvalue weighted by atomic mass is 9.58. The number of phenolic OH excluding ortho intramolecular Hbond substituents is 1. The van der Waals surface area contributed by atoms with Gasteiger partial charge in [0.2, 0.25) is 10.0 Å². The molecule has 7 nitrogen and oxygen atoms in total. The number of piperidine rings is 1. The van der Waals surface area contributed by atoms with Crippen molar-refractivity contribution in [1.82, 2.24) is 4.31 Å². The van der Waals surface area contributed by atoms with Gasteiger partial charge in [-0.15, -0.1) is 0 Å². The van der Waals surface area contributed by atoms with Gasteiger partial charge in [-0.3, -0.25) is 9.59 Å². The van der Waals surface area contributed by atoms with E-state index in [2.05, 4.69) is 12.2 Å². The Kier molecular flexibility index (Phi) is 7.96. The molecule has 3 unspecified atom stereocenters. The molecule has 0 saturated carbocycles. The summed E-state index contributed by atoms with van der Waals surface area (Å²) in [4.78, 5) is 22.7. The fraction of sp³-hybridized carbons (Fsp3) is 0.583. The highest BCUT2D eigenvalue weighted by Crippen LogP contribution is 2.54. The van der Waals surface area contributed by atoms with Crippen LogP contribution >= 0.6 is 11.8 Å². The van der Waals surface area contributed by atoms with Crippen molar-refractivity contribution in [3.05, 3.63) is 35.4 Å². The molecule has 0 amide bonds. The number of rotatable bonds is 7. The Hall–Kier alpha value is -1.84. The van der Waals surface area contributed by atoms with Gasteiger partial charge in [-0.25, -0.2) is 8.42 Å². The summed E-state index contributed by atoms with van der Waals surface area (Å²) in [5, 5.41) is 11.1. The van der Waals surface area contributed by atoms with Gasteiger partial charge >= 0.3 is 5.97 Å². The van der Waals surface area contributed by atoms with E-state index < -0.39 is 21.4 Å². The smallest absolute Gasteiger partial charge is 0.308 e. The topological polar surface area (TPSA) is 101 Å². The number of benzene rings is 1. The first kappa shape index (κ1) is 25.8. The number of nitrogens with zero attached hydrogens (tertiary/aromatic N) is 1. The summed E-state index contributed by atoms with van der Waals surface area (Å²) in [6.45, 7) is 6.98. The summed E-state index contributed by atoms with van der Waals surface area (Å²) in [5.74, 6) is -0.0342. The number of phenols is 1. The first-order valence-corrected chi connectivity index (χ1v) is 13.9. The van der Waals surface area contributed by atoms with Gasteiger partial charge < -0.3 is 9.84 Å². The van der Waals surface area contributed by atoms with Crippen LogP contribution in [0.2, 0.25) is 0 Å². The Morgan fingerprint density at radius 3 is 2.67 bits per heavy atom. The Bertz CT molecular complexity index is 1050. The second kappa shape index (κ2) is 10.2. The van der Waals surface area contributed by atoms with Crippen molar-refractivity contribution in [2.24, 2.45) is 5.92 Å². The van der Waals surface area contributed by atoms with E-state index in [1.165, 1.54) is 13.8 Å². The van der Waals surface area contributed by atoms with Gasteiger partial charge in [0, 0.05) is 49.1 Å². The van der Waals surface area contributed by atoms with E-state index in [-0.39, 0.29) is 34.3 Å². The minimum atomic E-state index is -3.49. The summed E-state index contributed by atoms with van der Waals surface area (Å²) in [6, 6.07) is 3.15. The molecular weight excluding hydrogens is 462 g/mol. The number of aromatic hydroxyl groups is 1. The summed E-state index contributed by atoms with van der Waals surface area (Å²) in [6.07, 6.45) is 6.76. The van der Waals surface area contributed by atoms with Crippen molar-refractivity contribution in [2.75, 3.05) is 18.1 Å². The van der Waals surface area contributed by atoms with Gasteiger partial charge in [0.05, 0.1) is 5.75 Å². The summed E-state index contributed by atoms with van der Waals surface area (Å²) in [7, 11) is -3.49. The molecule has 0 aromatic heterocycles. The van der Waals surface area contributed by atoms with Crippen molar-refractivity contribution in [3.63, 3.8) is 0 Å². The Morgan fingerprint density at radius 2 is 2.00 bits per heavy atom. The molecule has 1 aromatic rings. The second-order valence-electron chi connectivity index (χ2n) is 8.96. The molecule has 1 heterocycles. The zero-order valence-electron chi connectivity index (χ0n) is 19.7. The van der Waals surface area contributed by atoms with Crippen LogP contribution in [0.5, 0.6) is 11.5 Å². The minimum absolute atomic E-state index is 0.00721. The zero-order valence-corrected chi connectivity index (χ0v) is 21.3. The van der Waals surface area contributed by atoms with Gasteiger partial charge in [0.1, 0.15) is 0 Å². The number of allylic oxidation sites excluding steroid dienone is 1. The fourth-order valence-corrected chi connectivity index (χ4v) is 7.97. The first-order chi connectivity index (χ1) is 15.5. The maximum absolute atomic E-state index is 13.2. The lowest BCUT2D eigenvalue weighted by Crippen LogP contribution is -2.57. The predicted octanol–water partition coefficient (Wildman–Crippen LogP) is 3.92. The third-order valence-corrected chi connectivity index (χ3v) is 9.73. The van der Waals surface area contributed by atoms with E-state index in [4.69, 9.17) is 4.74 Å². The normalized spacial score (nSPS) is 25.5. The van der Waals surface area contributed by atoms with E-state index in [1.807, 2.05) is 19.9 Å². The zero-order chi connectivity index (χ0) is 24.4. The Labute approximate surface area is 200 Å². The summed E-state index contributed by atoms with van der Waals surface area (Å²) in [5.41, 5.74) is 1.19. The molecule has 2 aliphatic rings. The summed E-state index contributed by atoms with van der Waals surface area (Å²) >= 11 is 1.15. The fourth-order valence-electron chi connectivity index (χ4n) is 5.46. The number of hydrogen-bond acceptors (Lipinski definition) is 7. The van der Waals surface area contributed by atoms with Gasteiger partial charge in [0.25, 0.3) is 0 Å². The number of thioether (sulfide) groups is 1. The summed E-state index contributed by atoms with van der Waals surface area (Å²) < 4.78 is 33.2. The van der Waals surface area contributed by atoms with Crippen LogP contribution in [0.15, 0.2) is 24.3 Å². The molecular formula is C24H33NO6S2. The molecule has 3 atom stereocenters. The molecule has 182 valence electrons. The van der Waals surface area contributed by atoms with Crippen LogP contribution in [0.3, 0.4) is 0 Å². The number of ether oxygens (including phenoxy) is 1. The number of sulfonamides is 1. The third-order valence-electron chi connectivity index (χ3n) is 6.80. The van der Waals surface area contributed by atoms with E-state index >= 15 is 0 Å². The largest absolute Gasteiger partial charge is 0.504 e. The van der Waals surface area contributed by atoms with Gasteiger partial charge in [-0.2, -0.15) is 4.31 Å². The van der Waals surface area contributed by atoms with Crippen LogP contribution in [0.1, 0.15) is 57.6 Å². The van der Waals surface area contributed by atoms with Gasteiger partial charge in [-0.05, 0) is 51.2 Å². The standard InChI is InChI=1S/C24H33NO6S2/c1-16-9-10-21(31-18(3)26)23(28)22(16)24-11-6-5-8-20(24)17(2)25(13-12-24)33(29,30)15-7-14-32-19(4)27/h5,8-10,17,20,28H,6-7,11-15H2,1-4H3. The van der Waals surface area contributed by atoms with Crippen LogP contribution < -0.4 is 4.74 Å². The van der Waals surface area contributed by atoms with Gasteiger partial charge in [0.15, 0.2) is 16.6 Å². The average Bonchev–Trinajstić information content (AvgIpc) is 2.73. The van der Waals surface area contributed by atoms with Crippen molar-refractivity contribution in [3.8, 4) is 11.5 Å². The Morgan fingerprint density at radius 1 is 1.27 bits per heavy atom. The lowest BCUT2D eigenvalue weighted by Gasteiger charge is -2.52. The highest BCUT2D eigenvalue weighted by Gasteiger charge is 2.51. The highest BCUT2D eigenvalue weighted by molar-refractivity contribution is 8.13. The molecule has 1 fully saturated rings. The van der Waals surface area contributed by atoms with Crippen LogP contribution in [0, 0.1) is 12.8 Å². The van der Waals surface area contributed by atoms with Crippen molar-refractivity contribution >= 4 is 32.9 Å². The quantitative estimate of drug-likeness (QED) is 0.265. The molecule has 3 rings (SSSR count). The van der Waals surface area contributed by atoms with E-state index in [1.54, 1.807) is 10.4 Å². The van der Waals surface area contributed by atoms with Crippen molar-refractivity contribution < 1.29 is 27.9 Å². The van der Waals surface area contributed by atoms with Crippen molar-refractivity contribution in [1.29, 1.82) is 0 Å². The average molecular weight is 496 g/mol. The number of carbonyl (C=O) groups excluding carboxylic acids is 2.